The molecule has 5 rings (SSSR count). The van der Waals surface area contributed by atoms with Crippen LogP contribution in [0.3, 0.4) is 0 Å². The Kier molecular flexibility index (Phi) is 5.31. The highest BCUT2D eigenvalue weighted by Gasteiger charge is 2.32. The molecule has 30 heavy (non-hydrogen) atoms. The predicted molar refractivity (Wildman–Crippen MR) is 122 cm³/mol. The van der Waals surface area contributed by atoms with E-state index in [1.807, 2.05) is 11.6 Å². The monoisotopic (exact) mass is 422 g/mol. The molecule has 0 amide bonds. The third-order valence-corrected chi connectivity index (χ3v) is 7.20. The van der Waals surface area contributed by atoms with E-state index in [-0.39, 0.29) is 0 Å². The second-order valence-corrected chi connectivity index (χ2v) is 9.79. The van der Waals surface area contributed by atoms with Crippen LogP contribution >= 0.6 is 11.8 Å². The summed E-state index contributed by atoms with van der Waals surface area (Å²) in [5.74, 6) is 2.82. The summed E-state index contributed by atoms with van der Waals surface area (Å²) < 4.78 is 4.41. The van der Waals surface area contributed by atoms with Gasteiger partial charge in [0.05, 0.1) is 11.4 Å². The summed E-state index contributed by atoms with van der Waals surface area (Å²) in [6, 6.07) is 11.4. The van der Waals surface area contributed by atoms with Crippen molar-refractivity contribution in [1.29, 1.82) is 0 Å². The quantitative estimate of drug-likeness (QED) is 0.527. The number of hydrogen-bond acceptors (Lipinski definition) is 5. The van der Waals surface area contributed by atoms with Crippen molar-refractivity contribution in [3.8, 4) is 5.69 Å². The summed E-state index contributed by atoms with van der Waals surface area (Å²) >= 11 is 1.80. The third-order valence-electron chi connectivity index (χ3n) is 6.18. The number of hydrogen-bond donors (Lipinski definition) is 0. The molecule has 0 atom stereocenters. The minimum Gasteiger partial charge on any atom is -0.341 e. The Labute approximate surface area is 182 Å². The summed E-state index contributed by atoms with van der Waals surface area (Å²) in [7, 11) is 0. The van der Waals surface area contributed by atoms with Crippen molar-refractivity contribution in [2.45, 2.75) is 63.4 Å². The zero-order valence-corrected chi connectivity index (χ0v) is 18.9. The van der Waals surface area contributed by atoms with E-state index in [1.165, 1.54) is 31.2 Å². The minimum absolute atomic E-state index is 0.588. The normalized spacial score (nSPS) is 17.6. The molecule has 158 valence electrons. The Morgan fingerprint density at radius 3 is 2.37 bits per heavy atom. The highest BCUT2D eigenvalue weighted by Crippen LogP contribution is 2.42. The van der Waals surface area contributed by atoms with Gasteiger partial charge in [0, 0.05) is 30.6 Å². The zero-order valence-electron chi connectivity index (χ0n) is 18.1. The molecule has 7 heteroatoms. The number of piperidine rings is 1. The third kappa shape index (κ3) is 4.00. The average Bonchev–Trinajstić information content (AvgIpc) is 3.41. The van der Waals surface area contributed by atoms with Gasteiger partial charge in [-0.1, -0.05) is 30.8 Å². The molecule has 0 unspecified atom stereocenters. The fraction of sp³-hybridized carbons (Fsp3) is 0.522. The van der Waals surface area contributed by atoms with Crippen LogP contribution in [0.25, 0.3) is 5.69 Å². The summed E-state index contributed by atoms with van der Waals surface area (Å²) in [6.45, 7) is 8.68. The first-order chi connectivity index (χ1) is 14.6. The van der Waals surface area contributed by atoms with Crippen LogP contribution in [-0.2, 0) is 5.75 Å². The SMILES string of the molecule is Cc1cc(C)n(-c2ccc(CSc3nnc(N4CCC(C)CC4)n3C3CC3)cc2)n1. The van der Waals surface area contributed by atoms with Gasteiger partial charge in [-0.15, -0.1) is 10.2 Å². The lowest BCUT2D eigenvalue weighted by atomic mass is 10.00. The molecular weight excluding hydrogens is 392 g/mol. The molecule has 1 saturated carbocycles. The van der Waals surface area contributed by atoms with Gasteiger partial charge in [0.15, 0.2) is 5.16 Å². The van der Waals surface area contributed by atoms with E-state index in [9.17, 15) is 0 Å². The van der Waals surface area contributed by atoms with E-state index >= 15 is 0 Å². The Morgan fingerprint density at radius 1 is 1.00 bits per heavy atom. The molecule has 1 aliphatic carbocycles. The topological polar surface area (TPSA) is 51.8 Å². The second-order valence-electron chi connectivity index (χ2n) is 8.85. The standard InChI is InChI=1S/C23H30N6S/c1-16-10-12-27(13-11-16)22-24-25-23(28(22)20-8-9-20)30-15-19-4-6-21(7-5-19)29-18(3)14-17(2)26-29/h4-7,14,16,20H,8-13,15H2,1-3H3. The first-order valence-electron chi connectivity index (χ1n) is 11.0. The molecule has 3 heterocycles. The van der Waals surface area contributed by atoms with Gasteiger partial charge in [-0.25, -0.2) is 4.68 Å². The van der Waals surface area contributed by atoms with Crippen LogP contribution in [0.1, 0.15) is 55.6 Å². The summed E-state index contributed by atoms with van der Waals surface area (Å²) in [5.41, 5.74) is 4.61. The van der Waals surface area contributed by atoms with Crippen molar-refractivity contribution in [1.82, 2.24) is 24.5 Å². The molecular formula is C23H30N6S. The lowest BCUT2D eigenvalue weighted by Crippen LogP contribution is -2.34. The maximum atomic E-state index is 4.61. The Hall–Kier alpha value is -2.28. The molecule has 0 N–H and O–H groups in total. The van der Waals surface area contributed by atoms with E-state index in [0.717, 1.165) is 52.9 Å². The van der Waals surface area contributed by atoms with Crippen LogP contribution in [-0.4, -0.2) is 37.6 Å². The van der Waals surface area contributed by atoms with Gasteiger partial charge < -0.3 is 4.90 Å². The maximum Gasteiger partial charge on any atom is 0.228 e. The van der Waals surface area contributed by atoms with Crippen LogP contribution in [0.4, 0.5) is 5.95 Å². The predicted octanol–water partition coefficient (Wildman–Crippen LogP) is 4.94. The molecule has 0 spiro atoms. The maximum absolute atomic E-state index is 4.61. The van der Waals surface area contributed by atoms with E-state index < -0.39 is 0 Å². The molecule has 1 aromatic carbocycles. The first kappa shape index (κ1) is 19.7. The molecule has 2 aromatic heterocycles. The Morgan fingerprint density at radius 2 is 1.73 bits per heavy atom. The van der Waals surface area contributed by atoms with Crippen molar-refractivity contribution < 1.29 is 0 Å². The van der Waals surface area contributed by atoms with E-state index in [2.05, 4.69) is 68.9 Å². The average molecular weight is 423 g/mol. The Bertz CT molecular complexity index is 1010. The lowest BCUT2D eigenvalue weighted by molar-refractivity contribution is 0.429. The summed E-state index contributed by atoms with van der Waals surface area (Å²) in [5, 5.41) is 14.8. The highest BCUT2D eigenvalue weighted by atomic mass is 32.2. The van der Waals surface area contributed by atoms with Gasteiger partial charge in [0.25, 0.3) is 0 Å². The number of nitrogens with zero attached hydrogens (tertiary/aromatic N) is 6. The molecule has 0 radical (unpaired) electrons. The summed E-state index contributed by atoms with van der Waals surface area (Å²) in [4.78, 5) is 2.44. The largest absolute Gasteiger partial charge is 0.341 e. The van der Waals surface area contributed by atoms with Crippen LogP contribution in [0.5, 0.6) is 0 Å². The zero-order chi connectivity index (χ0) is 20.7. The fourth-order valence-corrected chi connectivity index (χ4v) is 5.17. The van der Waals surface area contributed by atoms with Crippen LogP contribution in [0, 0.1) is 19.8 Å². The highest BCUT2D eigenvalue weighted by molar-refractivity contribution is 7.98. The van der Waals surface area contributed by atoms with Crippen molar-refractivity contribution in [3.63, 3.8) is 0 Å². The van der Waals surface area contributed by atoms with Gasteiger partial charge >= 0.3 is 0 Å². The fourth-order valence-electron chi connectivity index (χ4n) is 4.22. The van der Waals surface area contributed by atoms with Gasteiger partial charge in [-0.05, 0) is 69.2 Å². The number of thioether (sulfide) groups is 1. The Balaban J connectivity index is 1.29. The summed E-state index contributed by atoms with van der Waals surface area (Å²) in [6.07, 6.45) is 5.00. The lowest BCUT2D eigenvalue weighted by Gasteiger charge is -2.31. The van der Waals surface area contributed by atoms with Gasteiger partial charge in [0.2, 0.25) is 5.95 Å². The van der Waals surface area contributed by atoms with E-state index in [4.69, 9.17) is 0 Å². The van der Waals surface area contributed by atoms with Gasteiger partial charge in [-0.3, -0.25) is 4.57 Å². The minimum atomic E-state index is 0.588. The first-order valence-corrected chi connectivity index (χ1v) is 12.0. The van der Waals surface area contributed by atoms with Gasteiger partial charge in [-0.2, -0.15) is 5.10 Å². The van der Waals surface area contributed by atoms with Crippen molar-refractivity contribution in [2.75, 3.05) is 18.0 Å². The molecule has 0 bridgehead atoms. The van der Waals surface area contributed by atoms with Crippen LogP contribution in [0.15, 0.2) is 35.5 Å². The molecule has 3 aromatic rings. The van der Waals surface area contributed by atoms with Crippen LogP contribution < -0.4 is 4.90 Å². The smallest absolute Gasteiger partial charge is 0.228 e. The molecule has 2 aliphatic rings. The number of aryl methyl sites for hydroxylation is 2. The van der Waals surface area contributed by atoms with Crippen LogP contribution in [0.2, 0.25) is 0 Å². The number of anilines is 1. The van der Waals surface area contributed by atoms with Crippen molar-refractivity contribution >= 4 is 17.7 Å². The van der Waals surface area contributed by atoms with Gasteiger partial charge in [0.1, 0.15) is 0 Å². The van der Waals surface area contributed by atoms with Crippen molar-refractivity contribution in [3.05, 3.63) is 47.3 Å². The molecule has 1 aliphatic heterocycles. The molecule has 1 saturated heterocycles. The number of aromatic nitrogens is 5. The number of benzene rings is 1. The van der Waals surface area contributed by atoms with Crippen molar-refractivity contribution in [2.24, 2.45) is 5.92 Å². The van der Waals surface area contributed by atoms with E-state index in [1.54, 1.807) is 11.8 Å². The second kappa shape index (κ2) is 8.10. The number of rotatable bonds is 6. The molecule has 2 fully saturated rings. The molecule has 6 nitrogen and oxygen atoms in total. The van der Waals surface area contributed by atoms with E-state index in [0.29, 0.717) is 6.04 Å².